The van der Waals surface area contributed by atoms with Crippen LogP contribution in [-0.4, -0.2) is 35.9 Å². The van der Waals surface area contributed by atoms with Crippen molar-refractivity contribution in [2.75, 3.05) is 18.5 Å². The van der Waals surface area contributed by atoms with Gasteiger partial charge in [-0.1, -0.05) is 24.3 Å². The van der Waals surface area contributed by atoms with E-state index < -0.39 is 17.5 Å². The average molecular weight is 379 g/mol. The molecule has 1 aliphatic heterocycles. The summed E-state index contributed by atoms with van der Waals surface area (Å²) >= 11 is 0. The van der Waals surface area contributed by atoms with Crippen molar-refractivity contribution in [1.82, 2.24) is 10.2 Å². The molecule has 7 nitrogen and oxygen atoms in total. The summed E-state index contributed by atoms with van der Waals surface area (Å²) in [6.07, 6.45) is 1.22. The SMILES string of the molecule is CCOc1ccc(NC(=O)CN2C(=O)NC3(CCc4ccccc43)C2=O)cc1. The molecule has 2 N–H and O–H groups in total. The van der Waals surface area contributed by atoms with E-state index in [0.29, 0.717) is 30.9 Å². The second-order valence-corrected chi connectivity index (χ2v) is 6.89. The van der Waals surface area contributed by atoms with Gasteiger partial charge in [0.1, 0.15) is 17.8 Å². The van der Waals surface area contributed by atoms with Crippen LogP contribution >= 0.6 is 0 Å². The molecule has 0 bridgehead atoms. The summed E-state index contributed by atoms with van der Waals surface area (Å²) in [6, 6.07) is 14.0. The maximum absolute atomic E-state index is 13.1. The molecule has 7 heteroatoms. The minimum atomic E-state index is -1.05. The number of fused-ring (bicyclic) bond motifs is 2. The van der Waals surface area contributed by atoms with Crippen LogP contribution in [0, 0.1) is 0 Å². The first-order valence-corrected chi connectivity index (χ1v) is 9.29. The smallest absolute Gasteiger partial charge is 0.325 e. The summed E-state index contributed by atoms with van der Waals surface area (Å²) in [5, 5.41) is 5.53. The largest absolute Gasteiger partial charge is 0.494 e. The second-order valence-electron chi connectivity index (χ2n) is 6.89. The van der Waals surface area contributed by atoms with Gasteiger partial charge < -0.3 is 15.4 Å². The van der Waals surface area contributed by atoms with Crippen LogP contribution in [0.2, 0.25) is 0 Å². The fourth-order valence-corrected chi connectivity index (χ4v) is 3.88. The zero-order valence-electron chi connectivity index (χ0n) is 15.5. The van der Waals surface area contributed by atoms with Crippen LogP contribution in [0.5, 0.6) is 5.75 Å². The maximum atomic E-state index is 13.1. The number of ether oxygens (including phenoxy) is 1. The number of nitrogens with one attached hydrogen (secondary N) is 2. The number of nitrogens with zero attached hydrogens (tertiary/aromatic N) is 1. The van der Waals surface area contributed by atoms with E-state index in [2.05, 4.69) is 10.6 Å². The number of anilines is 1. The first kappa shape index (κ1) is 18.0. The van der Waals surface area contributed by atoms with E-state index in [1.165, 1.54) is 0 Å². The number of hydrogen-bond donors (Lipinski definition) is 2. The minimum Gasteiger partial charge on any atom is -0.494 e. The van der Waals surface area contributed by atoms with Gasteiger partial charge in [-0.05, 0) is 55.2 Å². The number of carbonyl (C=O) groups excluding carboxylic acids is 3. The van der Waals surface area contributed by atoms with E-state index in [1.54, 1.807) is 24.3 Å². The van der Waals surface area contributed by atoms with Crippen molar-refractivity contribution in [3.63, 3.8) is 0 Å². The highest BCUT2D eigenvalue weighted by Gasteiger charge is 2.55. The highest BCUT2D eigenvalue weighted by molar-refractivity contribution is 6.10. The quantitative estimate of drug-likeness (QED) is 0.781. The van der Waals surface area contributed by atoms with Crippen LogP contribution in [0.15, 0.2) is 48.5 Å². The average Bonchev–Trinajstić information content (AvgIpc) is 3.17. The van der Waals surface area contributed by atoms with Crippen molar-refractivity contribution >= 4 is 23.5 Å². The van der Waals surface area contributed by atoms with Gasteiger partial charge >= 0.3 is 6.03 Å². The predicted octanol–water partition coefficient (Wildman–Crippen LogP) is 2.42. The minimum absolute atomic E-state index is 0.332. The summed E-state index contributed by atoms with van der Waals surface area (Å²) in [6.45, 7) is 2.12. The van der Waals surface area contributed by atoms with Gasteiger partial charge in [0.15, 0.2) is 0 Å². The number of benzene rings is 2. The summed E-state index contributed by atoms with van der Waals surface area (Å²) in [5.74, 6) is -0.100. The normalized spacial score (nSPS) is 20.2. The van der Waals surface area contributed by atoms with Crippen molar-refractivity contribution in [3.05, 3.63) is 59.7 Å². The molecule has 1 spiro atoms. The van der Waals surface area contributed by atoms with Crippen LogP contribution in [-0.2, 0) is 21.5 Å². The summed E-state index contributed by atoms with van der Waals surface area (Å²) in [5.41, 5.74) is 1.40. The maximum Gasteiger partial charge on any atom is 0.325 e. The van der Waals surface area contributed by atoms with Gasteiger partial charge in [0.05, 0.1) is 6.61 Å². The number of amides is 4. The third-order valence-corrected chi connectivity index (χ3v) is 5.17. The first-order chi connectivity index (χ1) is 13.5. The first-order valence-electron chi connectivity index (χ1n) is 9.29. The van der Waals surface area contributed by atoms with Gasteiger partial charge in [-0.25, -0.2) is 4.79 Å². The Balaban J connectivity index is 1.46. The van der Waals surface area contributed by atoms with Gasteiger partial charge in [0.25, 0.3) is 5.91 Å². The van der Waals surface area contributed by atoms with Crippen LogP contribution in [0.4, 0.5) is 10.5 Å². The lowest BCUT2D eigenvalue weighted by Crippen LogP contribution is -2.42. The fraction of sp³-hybridized carbons (Fsp3) is 0.286. The highest BCUT2D eigenvalue weighted by atomic mass is 16.5. The van der Waals surface area contributed by atoms with Crippen molar-refractivity contribution in [2.24, 2.45) is 0 Å². The predicted molar refractivity (Wildman–Crippen MR) is 103 cm³/mol. The van der Waals surface area contributed by atoms with Gasteiger partial charge in [-0.15, -0.1) is 0 Å². The van der Waals surface area contributed by atoms with E-state index in [0.717, 1.165) is 16.0 Å². The number of carbonyl (C=O) groups is 3. The van der Waals surface area contributed by atoms with Crippen LogP contribution in [0.3, 0.4) is 0 Å². The molecule has 144 valence electrons. The lowest BCUT2D eigenvalue weighted by atomic mass is 9.92. The lowest BCUT2D eigenvalue weighted by Gasteiger charge is -2.22. The van der Waals surface area contributed by atoms with Crippen molar-refractivity contribution in [1.29, 1.82) is 0 Å². The summed E-state index contributed by atoms with van der Waals surface area (Å²) in [7, 11) is 0. The Hall–Kier alpha value is -3.35. The molecule has 1 atom stereocenters. The molecule has 0 saturated carbocycles. The van der Waals surface area contributed by atoms with Gasteiger partial charge in [0, 0.05) is 5.69 Å². The van der Waals surface area contributed by atoms with Crippen LogP contribution < -0.4 is 15.4 Å². The second kappa shape index (κ2) is 6.99. The molecule has 2 aliphatic rings. The fourth-order valence-electron chi connectivity index (χ4n) is 3.88. The number of hydrogen-bond acceptors (Lipinski definition) is 4. The molecular formula is C21H21N3O4. The molecular weight excluding hydrogens is 358 g/mol. The Bertz CT molecular complexity index is 941. The molecule has 0 radical (unpaired) electrons. The molecule has 4 rings (SSSR count). The van der Waals surface area contributed by atoms with Gasteiger partial charge in [-0.2, -0.15) is 0 Å². The zero-order chi connectivity index (χ0) is 19.7. The Morgan fingerprint density at radius 1 is 1.18 bits per heavy atom. The summed E-state index contributed by atoms with van der Waals surface area (Å²) in [4.78, 5) is 38.9. The van der Waals surface area contributed by atoms with E-state index >= 15 is 0 Å². The molecule has 2 aromatic carbocycles. The molecule has 2 aromatic rings. The molecule has 1 unspecified atom stereocenters. The molecule has 1 aliphatic carbocycles. The van der Waals surface area contributed by atoms with E-state index in [1.807, 2.05) is 31.2 Å². The molecule has 0 aromatic heterocycles. The highest BCUT2D eigenvalue weighted by Crippen LogP contribution is 2.41. The molecule has 1 heterocycles. The Morgan fingerprint density at radius 3 is 2.68 bits per heavy atom. The Kier molecular flexibility index (Phi) is 4.50. The topological polar surface area (TPSA) is 87.7 Å². The van der Waals surface area contributed by atoms with Crippen LogP contribution in [0.25, 0.3) is 0 Å². The summed E-state index contributed by atoms with van der Waals surface area (Å²) < 4.78 is 5.37. The number of urea groups is 1. The number of aryl methyl sites for hydroxylation is 1. The monoisotopic (exact) mass is 379 g/mol. The third-order valence-electron chi connectivity index (χ3n) is 5.17. The van der Waals surface area contributed by atoms with Crippen molar-refractivity contribution < 1.29 is 19.1 Å². The lowest BCUT2D eigenvalue weighted by molar-refractivity contribution is -0.134. The molecule has 4 amide bonds. The Morgan fingerprint density at radius 2 is 1.93 bits per heavy atom. The van der Waals surface area contributed by atoms with E-state index in [4.69, 9.17) is 4.74 Å². The van der Waals surface area contributed by atoms with Crippen molar-refractivity contribution in [3.8, 4) is 5.75 Å². The number of rotatable bonds is 5. The van der Waals surface area contributed by atoms with Crippen molar-refractivity contribution in [2.45, 2.75) is 25.3 Å². The van der Waals surface area contributed by atoms with E-state index in [-0.39, 0.29) is 12.5 Å². The molecule has 1 fully saturated rings. The van der Waals surface area contributed by atoms with Gasteiger partial charge in [-0.3, -0.25) is 14.5 Å². The number of imide groups is 1. The molecule has 1 saturated heterocycles. The van der Waals surface area contributed by atoms with E-state index in [9.17, 15) is 14.4 Å². The zero-order valence-corrected chi connectivity index (χ0v) is 15.5. The Labute approximate surface area is 162 Å². The standard InChI is InChI=1S/C21H21N3O4/c1-2-28-16-9-7-15(8-10-16)22-18(25)13-24-19(26)21(23-20(24)27)12-11-14-5-3-4-6-17(14)21/h3-10H,2,11-13H2,1H3,(H,22,25)(H,23,27). The third kappa shape index (κ3) is 2.98. The van der Waals surface area contributed by atoms with Gasteiger partial charge in [0.2, 0.25) is 5.91 Å². The molecule has 28 heavy (non-hydrogen) atoms. The van der Waals surface area contributed by atoms with Crippen LogP contribution in [0.1, 0.15) is 24.5 Å².